The lowest BCUT2D eigenvalue weighted by molar-refractivity contribution is 0.572. The van der Waals surface area contributed by atoms with E-state index in [0.717, 1.165) is 5.56 Å². The number of nitrogens with one attached hydrogen (secondary N) is 1. The molecule has 1 rings (SSSR count). The summed E-state index contributed by atoms with van der Waals surface area (Å²) in [5.41, 5.74) is 2.22. The zero-order valence-electron chi connectivity index (χ0n) is 10.2. The highest BCUT2D eigenvalue weighted by atomic mass is 32.2. The molecule has 0 saturated carbocycles. The molecule has 0 aliphatic rings. The normalized spacial score (nSPS) is 12.8. The van der Waals surface area contributed by atoms with E-state index in [-0.39, 0.29) is 5.41 Å². The Morgan fingerprint density at radius 2 is 1.75 bits per heavy atom. The van der Waals surface area contributed by atoms with E-state index in [2.05, 4.69) is 25.5 Å². The molecule has 4 heteroatoms. The minimum atomic E-state index is -3.13. The van der Waals surface area contributed by atoms with Crippen molar-refractivity contribution < 1.29 is 8.42 Å². The Morgan fingerprint density at radius 3 is 2.25 bits per heavy atom. The van der Waals surface area contributed by atoms with Crippen LogP contribution in [-0.4, -0.2) is 14.7 Å². The molecule has 0 aliphatic carbocycles. The van der Waals surface area contributed by atoms with E-state index in [4.69, 9.17) is 0 Å². The van der Waals surface area contributed by atoms with Crippen LogP contribution in [0.4, 0.5) is 0 Å². The maximum atomic E-state index is 11.1. The molecule has 0 aliphatic heterocycles. The predicted octanol–water partition coefficient (Wildman–Crippen LogP) is 2.03. The summed E-state index contributed by atoms with van der Waals surface area (Å²) in [5, 5.41) is 0. The van der Waals surface area contributed by atoms with Crippen LogP contribution in [0.2, 0.25) is 0 Å². The summed E-state index contributed by atoms with van der Waals surface area (Å²) in [4.78, 5) is 0. The summed E-state index contributed by atoms with van der Waals surface area (Å²) in [5.74, 6) is 0. The number of hydrogen-bond donors (Lipinski definition) is 1. The van der Waals surface area contributed by atoms with Gasteiger partial charge in [0, 0.05) is 6.54 Å². The minimum Gasteiger partial charge on any atom is -0.213 e. The molecule has 0 radical (unpaired) electrons. The Kier molecular flexibility index (Phi) is 3.76. The number of hydrogen-bond acceptors (Lipinski definition) is 2. The van der Waals surface area contributed by atoms with Gasteiger partial charge in [0.1, 0.15) is 0 Å². The van der Waals surface area contributed by atoms with Crippen molar-refractivity contribution in [1.82, 2.24) is 4.72 Å². The first-order valence-corrected chi connectivity index (χ1v) is 7.12. The van der Waals surface area contributed by atoms with Gasteiger partial charge in [0.25, 0.3) is 0 Å². The topological polar surface area (TPSA) is 46.2 Å². The van der Waals surface area contributed by atoms with Crippen molar-refractivity contribution in [2.24, 2.45) is 0 Å². The summed E-state index contributed by atoms with van der Waals surface area (Å²) in [6, 6.07) is 7.90. The molecular formula is C12H19NO2S. The van der Waals surface area contributed by atoms with E-state index in [1.807, 2.05) is 24.3 Å². The fraction of sp³-hybridized carbons (Fsp3) is 0.500. The van der Waals surface area contributed by atoms with E-state index in [1.54, 1.807) is 0 Å². The lowest BCUT2D eigenvalue weighted by Crippen LogP contribution is -2.24. The van der Waals surface area contributed by atoms with E-state index in [9.17, 15) is 8.42 Å². The molecule has 3 nitrogen and oxygen atoms in total. The van der Waals surface area contributed by atoms with Crippen LogP contribution >= 0.6 is 0 Å². The molecule has 0 bridgehead atoms. The largest absolute Gasteiger partial charge is 0.213 e. The van der Waals surface area contributed by atoms with Crippen LogP contribution < -0.4 is 4.72 Å². The van der Waals surface area contributed by atoms with Crippen LogP contribution in [0.25, 0.3) is 0 Å². The lowest BCUT2D eigenvalue weighted by Gasteiger charge is -2.22. The highest BCUT2D eigenvalue weighted by molar-refractivity contribution is 7.88. The molecule has 1 N–H and O–H groups in total. The fourth-order valence-corrected chi connectivity index (χ4v) is 2.03. The fourth-order valence-electron chi connectivity index (χ4n) is 1.61. The Bertz CT molecular complexity index is 458. The van der Waals surface area contributed by atoms with Crippen LogP contribution in [0.3, 0.4) is 0 Å². The van der Waals surface area contributed by atoms with Crippen LogP contribution in [0.15, 0.2) is 24.3 Å². The monoisotopic (exact) mass is 241 g/mol. The average molecular weight is 241 g/mol. The molecule has 0 spiro atoms. The van der Waals surface area contributed by atoms with Gasteiger partial charge in [-0.1, -0.05) is 45.0 Å². The van der Waals surface area contributed by atoms with E-state index >= 15 is 0 Å². The molecule has 1 aromatic rings. The average Bonchev–Trinajstić information content (AvgIpc) is 2.12. The zero-order chi connectivity index (χ0) is 12.4. The van der Waals surface area contributed by atoms with Crippen molar-refractivity contribution in [3.8, 4) is 0 Å². The Labute approximate surface area is 97.9 Å². The smallest absolute Gasteiger partial charge is 0.209 e. The molecule has 0 saturated heterocycles. The van der Waals surface area contributed by atoms with Gasteiger partial charge in [-0.15, -0.1) is 0 Å². The van der Waals surface area contributed by atoms with Crippen LogP contribution in [0, 0.1) is 0 Å². The number of rotatable bonds is 3. The zero-order valence-corrected chi connectivity index (χ0v) is 11.1. The van der Waals surface area contributed by atoms with Crippen LogP contribution in [-0.2, 0) is 22.0 Å². The third-order valence-corrected chi connectivity index (χ3v) is 3.02. The maximum absolute atomic E-state index is 11.1. The second-order valence-electron chi connectivity index (χ2n) is 5.00. The molecule has 0 amide bonds. The summed E-state index contributed by atoms with van der Waals surface area (Å²) >= 11 is 0. The minimum absolute atomic E-state index is 0.0236. The van der Waals surface area contributed by atoms with Crippen molar-refractivity contribution in [2.45, 2.75) is 32.7 Å². The van der Waals surface area contributed by atoms with E-state index in [1.165, 1.54) is 11.8 Å². The van der Waals surface area contributed by atoms with Gasteiger partial charge in [-0.05, 0) is 16.5 Å². The quantitative estimate of drug-likeness (QED) is 0.880. The second-order valence-corrected chi connectivity index (χ2v) is 6.83. The van der Waals surface area contributed by atoms with Gasteiger partial charge in [0.15, 0.2) is 0 Å². The molecule has 0 atom stereocenters. The van der Waals surface area contributed by atoms with Gasteiger partial charge in [-0.2, -0.15) is 0 Å². The molecule has 0 heterocycles. The van der Waals surface area contributed by atoms with Crippen LogP contribution in [0.1, 0.15) is 31.9 Å². The third-order valence-electron chi connectivity index (χ3n) is 2.35. The molecule has 90 valence electrons. The highest BCUT2D eigenvalue weighted by Gasteiger charge is 2.17. The predicted molar refractivity (Wildman–Crippen MR) is 66.8 cm³/mol. The summed E-state index contributed by atoms with van der Waals surface area (Å²) < 4.78 is 24.6. The van der Waals surface area contributed by atoms with Gasteiger partial charge in [-0.25, -0.2) is 13.1 Å². The summed E-state index contributed by atoms with van der Waals surface area (Å²) in [6.45, 7) is 6.71. The molecule has 16 heavy (non-hydrogen) atoms. The lowest BCUT2D eigenvalue weighted by atomic mass is 9.84. The van der Waals surface area contributed by atoms with Crippen molar-refractivity contribution in [3.05, 3.63) is 35.4 Å². The van der Waals surface area contributed by atoms with Gasteiger partial charge in [-0.3, -0.25) is 0 Å². The summed E-state index contributed by atoms with van der Waals surface area (Å²) in [7, 11) is -3.13. The van der Waals surface area contributed by atoms with Gasteiger partial charge in [0.05, 0.1) is 6.26 Å². The number of sulfonamides is 1. The number of benzene rings is 1. The van der Waals surface area contributed by atoms with Crippen molar-refractivity contribution in [1.29, 1.82) is 0 Å². The SMILES string of the molecule is CC(C)(C)c1ccccc1CNS(C)(=O)=O. The van der Waals surface area contributed by atoms with E-state index < -0.39 is 10.0 Å². The maximum Gasteiger partial charge on any atom is 0.209 e. The Morgan fingerprint density at radius 1 is 1.19 bits per heavy atom. The molecular weight excluding hydrogens is 222 g/mol. The van der Waals surface area contributed by atoms with Gasteiger partial charge in [0.2, 0.25) is 10.0 Å². The molecule has 0 fully saturated rings. The van der Waals surface area contributed by atoms with Crippen molar-refractivity contribution in [2.75, 3.05) is 6.26 Å². The second kappa shape index (κ2) is 4.55. The molecule has 0 unspecified atom stereocenters. The Hall–Kier alpha value is -0.870. The molecule has 0 aromatic heterocycles. The summed E-state index contributed by atoms with van der Waals surface area (Å²) in [6.07, 6.45) is 1.17. The van der Waals surface area contributed by atoms with Crippen molar-refractivity contribution in [3.63, 3.8) is 0 Å². The van der Waals surface area contributed by atoms with Crippen molar-refractivity contribution >= 4 is 10.0 Å². The van der Waals surface area contributed by atoms with Crippen LogP contribution in [0.5, 0.6) is 0 Å². The standard InChI is InChI=1S/C12H19NO2S/c1-12(2,3)11-8-6-5-7-10(11)9-13-16(4,14)15/h5-8,13H,9H2,1-4H3. The highest BCUT2D eigenvalue weighted by Crippen LogP contribution is 2.25. The van der Waals surface area contributed by atoms with E-state index in [0.29, 0.717) is 6.54 Å². The first kappa shape index (κ1) is 13.2. The molecule has 1 aromatic carbocycles. The van der Waals surface area contributed by atoms with Gasteiger partial charge >= 0.3 is 0 Å². The van der Waals surface area contributed by atoms with Gasteiger partial charge < -0.3 is 0 Å². The third kappa shape index (κ3) is 3.94. The Balaban J connectivity index is 2.97. The first-order chi connectivity index (χ1) is 7.20. The first-order valence-electron chi connectivity index (χ1n) is 5.23.